The van der Waals surface area contributed by atoms with Crippen LogP contribution in [-0.4, -0.2) is 92.0 Å². The van der Waals surface area contributed by atoms with E-state index in [1.54, 1.807) is 0 Å². The zero-order valence-electron chi connectivity index (χ0n) is 24.0. The van der Waals surface area contributed by atoms with Crippen molar-refractivity contribution >= 4 is 21.9 Å². The molecule has 39 heavy (non-hydrogen) atoms. The molecule has 0 spiro atoms. The summed E-state index contributed by atoms with van der Waals surface area (Å²) in [7, 11) is -3.84. The number of hydrogen-bond acceptors (Lipinski definition) is 6. The van der Waals surface area contributed by atoms with Crippen molar-refractivity contribution in [2.24, 2.45) is 11.8 Å². The largest absolute Gasteiger partial charge is 0.333 e. The van der Waals surface area contributed by atoms with Crippen LogP contribution >= 0.6 is 0 Å². The predicted molar refractivity (Wildman–Crippen MR) is 154 cm³/mol. The number of fused-ring (bicyclic) bond motifs is 4. The summed E-state index contributed by atoms with van der Waals surface area (Å²) in [4.78, 5) is 17.6. The highest BCUT2D eigenvalue weighted by Crippen LogP contribution is 2.39. The standard InChI is InChI=1S/C21H30N4O3S.C8H16N2/c1-13(2)25-11-16-10-24(12-19(16)25)29(27,28)23-21(26)22-20-17-7-3-5-14(17)9-15-6-4-8-18(15)20;1-6(2)10-5-7-3-9-4-8(7)10/h9,13,16,19H,3-8,10-12H2,1-2H3,(H2,22,23,26);6-9H,3-5H2,1-2H3. The van der Waals surface area contributed by atoms with E-state index in [2.05, 4.69) is 58.9 Å². The highest BCUT2D eigenvalue weighted by Gasteiger charge is 2.49. The van der Waals surface area contributed by atoms with Gasteiger partial charge in [-0.25, -0.2) is 9.52 Å². The van der Waals surface area contributed by atoms with Gasteiger partial charge in [-0.05, 0) is 88.5 Å². The van der Waals surface area contributed by atoms with Crippen molar-refractivity contribution in [2.75, 3.05) is 44.6 Å². The summed E-state index contributed by atoms with van der Waals surface area (Å²) in [6.07, 6.45) is 6.17. The third-order valence-corrected chi connectivity index (χ3v) is 11.4. The Kier molecular flexibility index (Phi) is 7.46. The minimum Gasteiger partial charge on any atom is -0.315 e. The predicted octanol–water partition coefficient (Wildman–Crippen LogP) is 2.35. The van der Waals surface area contributed by atoms with Gasteiger partial charge >= 0.3 is 16.2 Å². The zero-order valence-corrected chi connectivity index (χ0v) is 24.8. The molecule has 9 nitrogen and oxygen atoms in total. The lowest BCUT2D eigenvalue weighted by molar-refractivity contribution is 0.0217. The van der Waals surface area contributed by atoms with Crippen LogP contribution in [0.3, 0.4) is 0 Å². The van der Waals surface area contributed by atoms with Crippen molar-refractivity contribution < 1.29 is 13.2 Å². The van der Waals surface area contributed by atoms with Crippen molar-refractivity contribution in [1.82, 2.24) is 24.1 Å². The highest BCUT2D eigenvalue weighted by atomic mass is 32.2. The Morgan fingerprint density at radius 1 is 0.846 bits per heavy atom. The third-order valence-electron chi connectivity index (χ3n) is 10.0. The molecule has 0 saturated carbocycles. The summed E-state index contributed by atoms with van der Waals surface area (Å²) in [6.45, 7) is 14.5. The van der Waals surface area contributed by atoms with Crippen molar-refractivity contribution in [1.29, 1.82) is 0 Å². The summed E-state index contributed by atoms with van der Waals surface area (Å²) in [5.41, 5.74) is 5.89. The van der Waals surface area contributed by atoms with Crippen LogP contribution in [0.25, 0.3) is 0 Å². The third kappa shape index (κ3) is 5.12. The topological polar surface area (TPSA) is 97.0 Å². The molecule has 0 aromatic heterocycles. The SMILES string of the molecule is CC(C)N1CC2CN(S(=O)(=O)NC(=O)Nc3c4c(cc5c3CCC5)CCC4)CC21.CC(C)N1CC2CNCC21. The summed E-state index contributed by atoms with van der Waals surface area (Å²) in [5.74, 6) is 1.35. The van der Waals surface area contributed by atoms with E-state index >= 15 is 0 Å². The number of nitrogens with zero attached hydrogens (tertiary/aromatic N) is 3. The lowest BCUT2D eigenvalue weighted by atomic mass is 9.90. The number of urea groups is 1. The van der Waals surface area contributed by atoms with Gasteiger partial charge in [-0.3, -0.25) is 9.80 Å². The molecule has 2 amide bonds. The second-order valence-corrected chi connectivity index (χ2v) is 14.7. The van der Waals surface area contributed by atoms with E-state index < -0.39 is 16.2 Å². The molecule has 3 N–H and O–H groups in total. The molecule has 4 heterocycles. The van der Waals surface area contributed by atoms with Gasteiger partial charge in [0.25, 0.3) is 0 Å². The minimum absolute atomic E-state index is 0.273. The maximum atomic E-state index is 12.8. The summed E-state index contributed by atoms with van der Waals surface area (Å²) < 4.78 is 29.4. The van der Waals surface area contributed by atoms with Crippen LogP contribution < -0.4 is 15.4 Å². The first kappa shape index (κ1) is 27.4. The first-order valence-electron chi connectivity index (χ1n) is 15.1. The Bertz CT molecular complexity index is 1190. The van der Waals surface area contributed by atoms with Crippen LogP contribution in [0.2, 0.25) is 0 Å². The number of carbonyl (C=O) groups excluding carboxylic acids is 1. The lowest BCUT2D eigenvalue weighted by Crippen LogP contribution is -2.58. The van der Waals surface area contributed by atoms with Crippen LogP contribution in [-0.2, 0) is 35.9 Å². The molecule has 4 atom stereocenters. The molecular formula is C29H46N6O3S. The number of anilines is 1. The second kappa shape index (κ2) is 10.6. The Morgan fingerprint density at radius 3 is 2.08 bits per heavy atom. The number of nitrogens with one attached hydrogen (secondary N) is 3. The first-order valence-corrected chi connectivity index (χ1v) is 16.5. The zero-order chi connectivity index (χ0) is 27.5. The van der Waals surface area contributed by atoms with Gasteiger partial charge in [0, 0.05) is 81.0 Å². The number of rotatable bonds is 5. The molecule has 1 aromatic carbocycles. The van der Waals surface area contributed by atoms with Crippen molar-refractivity contribution in [3.05, 3.63) is 28.3 Å². The summed E-state index contributed by atoms with van der Waals surface area (Å²) in [6, 6.07) is 3.97. The molecular weight excluding hydrogens is 512 g/mol. The van der Waals surface area contributed by atoms with E-state index in [1.165, 1.54) is 46.2 Å². The molecule has 1 aromatic rings. The molecule has 2 aliphatic carbocycles. The van der Waals surface area contributed by atoms with Gasteiger partial charge in [-0.1, -0.05) is 6.07 Å². The Labute approximate surface area is 234 Å². The van der Waals surface area contributed by atoms with Crippen molar-refractivity contribution in [2.45, 2.75) is 90.4 Å². The van der Waals surface area contributed by atoms with Gasteiger partial charge < -0.3 is 10.6 Å². The molecule has 7 rings (SSSR count). The molecule has 6 aliphatic rings. The average Bonchev–Trinajstić information content (AvgIpc) is 3.61. The molecule has 0 radical (unpaired) electrons. The van der Waals surface area contributed by atoms with E-state index in [0.29, 0.717) is 25.0 Å². The highest BCUT2D eigenvalue weighted by molar-refractivity contribution is 7.87. The fourth-order valence-electron chi connectivity index (χ4n) is 7.87. The van der Waals surface area contributed by atoms with Crippen LogP contribution in [0.15, 0.2) is 6.07 Å². The Hall–Kier alpha value is -1.72. The Balaban J connectivity index is 0.000000231. The molecule has 216 valence electrons. The molecule has 10 heteroatoms. The number of carbonyl (C=O) groups is 1. The number of amides is 2. The number of hydrogen-bond donors (Lipinski definition) is 3. The minimum atomic E-state index is -3.84. The maximum absolute atomic E-state index is 12.8. The van der Waals surface area contributed by atoms with Crippen LogP contribution in [0.4, 0.5) is 10.5 Å². The van der Waals surface area contributed by atoms with E-state index in [0.717, 1.165) is 68.8 Å². The molecule has 4 saturated heterocycles. The first-order chi connectivity index (χ1) is 18.6. The molecule has 0 bridgehead atoms. The van der Waals surface area contributed by atoms with Gasteiger partial charge in [-0.2, -0.15) is 12.7 Å². The lowest BCUT2D eigenvalue weighted by Gasteiger charge is -2.46. The van der Waals surface area contributed by atoms with Gasteiger partial charge in [0.2, 0.25) is 0 Å². The van der Waals surface area contributed by atoms with E-state index in [9.17, 15) is 13.2 Å². The van der Waals surface area contributed by atoms with Crippen molar-refractivity contribution in [3.63, 3.8) is 0 Å². The quantitative estimate of drug-likeness (QED) is 0.514. The molecule has 4 fully saturated rings. The van der Waals surface area contributed by atoms with E-state index in [-0.39, 0.29) is 6.04 Å². The average molecular weight is 559 g/mol. The van der Waals surface area contributed by atoms with Gasteiger partial charge in [0.1, 0.15) is 0 Å². The summed E-state index contributed by atoms with van der Waals surface area (Å²) in [5, 5.41) is 6.35. The fourth-order valence-corrected chi connectivity index (χ4v) is 9.02. The van der Waals surface area contributed by atoms with Gasteiger partial charge in [-0.15, -0.1) is 0 Å². The molecule has 4 unspecified atom stereocenters. The monoisotopic (exact) mass is 558 g/mol. The molecule has 4 aliphatic heterocycles. The fraction of sp³-hybridized carbons (Fsp3) is 0.759. The van der Waals surface area contributed by atoms with Crippen LogP contribution in [0, 0.1) is 11.8 Å². The number of benzene rings is 1. The maximum Gasteiger partial charge on any atom is 0.333 e. The number of aryl methyl sites for hydroxylation is 2. The number of likely N-dealkylation sites (tertiary alicyclic amines) is 2. The summed E-state index contributed by atoms with van der Waals surface area (Å²) >= 11 is 0. The van der Waals surface area contributed by atoms with E-state index in [4.69, 9.17) is 0 Å². The van der Waals surface area contributed by atoms with Crippen LogP contribution in [0.1, 0.15) is 62.8 Å². The van der Waals surface area contributed by atoms with E-state index in [1.807, 2.05) is 0 Å². The van der Waals surface area contributed by atoms with Crippen LogP contribution in [0.5, 0.6) is 0 Å². The van der Waals surface area contributed by atoms with Crippen molar-refractivity contribution in [3.8, 4) is 0 Å². The van der Waals surface area contributed by atoms with Gasteiger partial charge in [0.05, 0.1) is 0 Å². The second-order valence-electron chi connectivity index (χ2n) is 13.0. The smallest absolute Gasteiger partial charge is 0.315 e. The Morgan fingerprint density at radius 2 is 1.46 bits per heavy atom. The van der Waals surface area contributed by atoms with Gasteiger partial charge in [0.15, 0.2) is 0 Å². The normalized spacial score (nSPS) is 29.7.